The van der Waals surface area contributed by atoms with Gasteiger partial charge in [-0.1, -0.05) is 26.0 Å². The summed E-state index contributed by atoms with van der Waals surface area (Å²) in [5, 5.41) is 5.42. The van der Waals surface area contributed by atoms with Gasteiger partial charge in [0, 0.05) is 12.4 Å². The predicted octanol–water partition coefficient (Wildman–Crippen LogP) is 2.91. The summed E-state index contributed by atoms with van der Waals surface area (Å²) in [7, 11) is 1.96. The molecule has 0 bridgehead atoms. The van der Waals surface area contributed by atoms with Gasteiger partial charge in [0.15, 0.2) is 0 Å². The van der Waals surface area contributed by atoms with Gasteiger partial charge in [0.2, 0.25) is 0 Å². The Morgan fingerprint density at radius 1 is 1.23 bits per heavy atom. The van der Waals surface area contributed by atoms with Crippen LogP contribution in [-0.4, -0.2) is 9.78 Å². The zero-order valence-electron chi connectivity index (χ0n) is 8.70. The molecule has 0 radical (unpaired) electrons. The van der Waals surface area contributed by atoms with E-state index >= 15 is 0 Å². The molecule has 0 spiro atoms. The molecule has 13 heavy (non-hydrogen) atoms. The van der Waals surface area contributed by atoms with E-state index in [1.807, 2.05) is 31.8 Å². The molecular weight excluding hydrogens is 160 g/mol. The quantitative estimate of drug-likeness (QED) is 0.603. The lowest BCUT2D eigenvalue weighted by molar-refractivity contribution is 0.797. The van der Waals surface area contributed by atoms with Crippen LogP contribution in [0.25, 0.3) is 10.9 Å². The molecule has 0 aliphatic carbocycles. The minimum Gasteiger partial charge on any atom is -0.268 e. The molecule has 2 heteroatoms. The molecule has 0 saturated heterocycles. The third-order valence-corrected chi connectivity index (χ3v) is 2.01. The van der Waals surface area contributed by atoms with E-state index in [1.165, 1.54) is 16.5 Å². The average Bonchev–Trinajstić information content (AvgIpc) is 2.53. The summed E-state index contributed by atoms with van der Waals surface area (Å²) in [5.41, 5.74) is 2.49. The van der Waals surface area contributed by atoms with Gasteiger partial charge in [-0.05, 0) is 18.6 Å². The van der Waals surface area contributed by atoms with Crippen molar-refractivity contribution in [2.45, 2.75) is 20.8 Å². The highest BCUT2D eigenvalue weighted by Crippen LogP contribution is 2.15. The molecular formula is C11H16N2. The van der Waals surface area contributed by atoms with Gasteiger partial charge < -0.3 is 0 Å². The first-order valence-corrected chi connectivity index (χ1v) is 4.66. The summed E-state index contributed by atoms with van der Waals surface area (Å²) in [6.45, 7) is 6.10. The van der Waals surface area contributed by atoms with Crippen LogP contribution in [-0.2, 0) is 7.05 Å². The van der Waals surface area contributed by atoms with Crippen LogP contribution in [0.2, 0.25) is 0 Å². The van der Waals surface area contributed by atoms with E-state index in [9.17, 15) is 0 Å². The van der Waals surface area contributed by atoms with Crippen LogP contribution in [0.4, 0.5) is 0 Å². The fraction of sp³-hybridized carbons (Fsp3) is 0.364. The third-order valence-electron chi connectivity index (χ3n) is 2.01. The number of aryl methyl sites for hydroxylation is 2. The summed E-state index contributed by atoms with van der Waals surface area (Å²) in [5.74, 6) is 0. The molecule has 0 atom stereocenters. The van der Waals surface area contributed by atoms with E-state index in [-0.39, 0.29) is 0 Å². The molecule has 0 amide bonds. The van der Waals surface area contributed by atoms with Gasteiger partial charge >= 0.3 is 0 Å². The minimum absolute atomic E-state index is 1.20. The van der Waals surface area contributed by atoms with Crippen LogP contribution >= 0.6 is 0 Å². The lowest BCUT2D eigenvalue weighted by atomic mass is 10.1. The highest BCUT2D eigenvalue weighted by Gasteiger charge is 1.99. The summed E-state index contributed by atoms with van der Waals surface area (Å²) >= 11 is 0. The molecule has 1 heterocycles. The standard InChI is InChI=1S/C9H10N2.C2H6/c1-7-4-3-5-9-8(7)6-10-11(9)2;1-2/h3-6H,1-2H3;1-2H3. The van der Waals surface area contributed by atoms with Crippen molar-refractivity contribution in [1.29, 1.82) is 0 Å². The van der Waals surface area contributed by atoms with Crippen molar-refractivity contribution in [3.05, 3.63) is 30.0 Å². The third kappa shape index (κ3) is 1.72. The minimum atomic E-state index is 1.20. The van der Waals surface area contributed by atoms with Crippen LogP contribution in [0.5, 0.6) is 0 Å². The molecule has 1 aromatic carbocycles. The SMILES string of the molecule is CC.Cc1cccc2c1cnn2C. The summed E-state index contributed by atoms with van der Waals surface area (Å²) in [6.07, 6.45) is 1.91. The summed E-state index contributed by atoms with van der Waals surface area (Å²) in [6, 6.07) is 6.23. The molecule has 0 aliphatic heterocycles. The monoisotopic (exact) mass is 176 g/mol. The second-order valence-corrected chi connectivity index (χ2v) is 2.78. The molecule has 0 unspecified atom stereocenters. The Bertz CT molecular complexity index is 388. The van der Waals surface area contributed by atoms with Crippen LogP contribution in [0.15, 0.2) is 24.4 Å². The first-order valence-electron chi connectivity index (χ1n) is 4.66. The fourth-order valence-electron chi connectivity index (χ4n) is 1.32. The molecule has 0 fully saturated rings. The van der Waals surface area contributed by atoms with E-state index in [2.05, 4.69) is 30.2 Å². The molecule has 0 N–H and O–H groups in total. The maximum absolute atomic E-state index is 4.17. The second kappa shape index (κ2) is 4.08. The van der Waals surface area contributed by atoms with Gasteiger partial charge in [-0.2, -0.15) is 5.10 Å². The van der Waals surface area contributed by atoms with E-state index in [0.717, 1.165) is 0 Å². The zero-order chi connectivity index (χ0) is 9.84. The Labute approximate surface area is 79.2 Å². The first kappa shape index (κ1) is 9.78. The second-order valence-electron chi connectivity index (χ2n) is 2.78. The topological polar surface area (TPSA) is 17.8 Å². The first-order chi connectivity index (χ1) is 6.29. The molecule has 70 valence electrons. The van der Waals surface area contributed by atoms with E-state index in [4.69, 9.17) is 0 Å². The van der Waals surface area contributed by atoms with Crippen LogP contribution in [0, 0.1) is 6.92 Å². The normalized spacial score (nSPS) is 9.54. The maximum atomic E-state index is 4.17. The molecule has 2 rings (SSSR count). The number of nitrogens with zero attached hydrogens (tertiary/aromatic N) is 2. The molecule has 0 aliphatic rings. The molecule has 0 saturated carbocycles. The van der Waals surface area contributed by atoms with Crippen LogP contribution < -0.4 is 0 Å². The van der Waals surface area contributed by atoms with Gasteiger partial charge in [-0.3, -0.25) is 4.68 Å². The van der Waals surface area contributed by atoms with Gasteiger partial charge in [0.25, 0.3) is 0 Å². The highest BCUT2D eigenvalue weighted by atomic mass is 15.2. The number of rotatable bonds is 0. The van der Waals surface area contributed by atoms with Crippen molar-refractivity contribution in [3.63, 3.8) is 0 Å². The Balaban J connectivity index is 0.000000396. The predicted molar refractivity (Wildman–Crippen MR) is 56.8 cm³/mol. The van der Waals surface area contributed by atoms with Crippen LogP contribution in [0.1, 0.15) is 19.4 Å². The highest BCUT2D eigenvalue weighted by molar-refractivity contribution is 5.81. The van der Waals surface area contributed by atoms with Gasteiger partial charge in [0.1, 0.15) is 0 Å². The lowest BCUT2D eigenvalue weighted by Gasteiger charge is -1.94. The number of fused-ring (bicyclic) bond motifs is 1. The van der Waals surface area contributed by atoms with Gasteiger partial charge in [-0.25, -0.2) is 0 Å². The maximum Gasteiger partial charge on any atom is 0.0681 e. The molecule has 2 aromatic rings. The van der Waals surface area contributed by atoms with Crippen molar-refractivity contribution in [2.24, 2.45) is 7.05 Å². The van der Waals surface area contributed by atoms with Gasteiger partial charge in [0.05, 0.1) is 11.7 Å². The largest absolute Gasteiger partial charge is 0.268 e. The fourth-order valence-corrected chi connectivity index (χ4v) is 1.32. The van der Waals surface area contributed by atoms with Crippen molar-refractivity contribution in [3.8, 4) is 0 Å². The van der Waals surface area contributed by atoms with Crippen molar-refractivity contribution in [1.82, 2.24) is 9.78 Å². The van der Waals surface area contributed by atoms with Crippen molar-refractivity contribution in [2.75, 3.05) is 0 Å². The van der Waals surface area contributed by atoms with E-state index < -0.39 is 0 Å². The number of benzene rings is 1. The van der Waals surface area contributed by atoms with Gasteiger partial charge in [-0.15, -0.1) is 0 Å². The van der Waals surface area contributed by atoms with Crippen LogP contribution in [0.3, 0.4) is 0 Å². The summed E-state index contributed by atoms with van der Waals surface area (Å²) < 4.78 is 1.89. The average molecular weight is 176 g/mol. The van der Waals surface area contributed by atoms with E-state index in [0.29, 0.717) is 0 Å². The number of aromatic nitrogens is 2. The Morgan fingerprint density at radius 2 is 1.92 bits per heavy atom. The van der Waals surface area contributed by atoms with Crippen molar-refractivity contribution < 1.29 is 0 Å². The molecule has 2 nitrogen and oxygen atoms in total. The Hall–Kier alpha value is -1.31. The smallest absolute Gasteiger partial charge is 0.0681 e. The number of hydrogen-bond donors (Lipinski definition) is 0. The van der Waals surface area contributed by atoms with Crippen molar-refractivity contribution >= 4 is 10.9 Å². The summed E-state index contributed by atoms with van der Waals surface area (Å²) in [4.78, 5) is 0. The number of hydrogen-bond acceptors (Lipinski definition) is 1. The van der Waals surface area contributed by atoms with E-state index in [1.54, 1.807) is 0 Å². The zero-order valence-corrected chi connectivity index (χ0v) is 8.70. The molecule has 1 aromatic heterocycles. The lowest BCUT2D eigenvalue weighted by Crippen LogP contribution is -1.87. The Kier molecular flexibility index (Phi) is 3.07. The Morgan fingerprint density at radius 3 is 2.54 bits per heavy atom.